The van der Waals surface area contributed by atoms with Crippen LogP contribution in [0.1, 0.15) is 29.8 Å². The number of ketones is 1. The molecule has 0 aromatic heterocycles. The van der Waals surface area contributed by atoms with Crippen LogP contribution >= 0.6 is 11.6 Å². The van der Waals surface area contributed by atoms with Gasteiger partial charge in [0.25, 0.3) is 0 Å². The molecule has 112 valence electrons. The second-order valence-corrected chi connectivity index (χ2v) is 6.54. The molecule has 2 nitrogen and oxygen atoms in total. The van der Waals surface area contributed by atoms with E-state index in [1.165, 1.54) is 5.56 Å². The first-order valence-corrected chi connectivity index (χ1v) is 7.64. The molecule has 0 amide bonds. The third-order valence-corrected chi connectivity index (χ3v) is 4.59. The summed E-state index contributed by atoms with van der Waals surface area (Å²) in [7, 11) is 2.01. The summed E-state index contributed by atoms with van der Waals surface area (Å²) in [6.45, 7) is 4.30. The van der Waals surface area contributed by atoms with Crippen molar-refractivity contribution in [1.82, 2.24) is 0 Å². The van der Waals surface area contributed by atoms with Gasteiger partial charge in [-0.3, -0.25) is 4.79 Å². The average molecular weight is 312 g/mol. The molecule has 0 unspecified atom stereocenters. The zero-order chi connectivity index (χ0) is 15.9. The molecule has 3 rings (SSSR count). The largest absolute Gasteiger partial charge is 0.347 e. The van der Waals surface area contributed by atoms with Gasteiger partial charge in [0, 0.05) is 40.5 Å². The van der Waals surface area contributed by atoms with E-state index in [2.05, 4.69) is 30.9 Å². The Morgan fingerprint density at radius 2 is 1.73 bits per heavy atom. The first kappa shape index (κ1) is 14.9. The van der Waals surface area contributed by atoms with Crippen LogP contribution in [0.2, 0.25) is 5.02 Å². The number of halogens is 1. The van der Waals surface area contributed by atoms with E-state index in [-0.39, 0.29) is 11.2 Å². The molecule has 1 aliphatic rings. The summed E-state index contributed by atoms with van der Waals surface area (Å²) in [4.78, 5) is 14.7. The number of likely N-dealkylation sites (N-methyl/N-ethyl adjacent to an activating group) is 1. The molecule has 1 aliphatic heterocycles. The van der Waals surface area contributed by atoms with Crippen LogP contribution < -0.4 is 4.90 Å². The SMILES string of the molecule is CN1/C(=C\C(=O)c2ccc(Cl)cc2)C(C)(C)c2ccccc21. The molecule has 1 heterocycles. The van der Waals surface area contributed by atoms with Crippen molar-refractivity contribution in [1.29, 1.82) is 0 Å². The van der Waals surface area contributed by atoms with Crippen molar-refractivity contribution in [3.63, 3.8) is 0 Å². The van der Waals surface area contributed by atoms with E-state index in [1.54, 1.807) is 30.3 Å². The summed E-state index contributed by atoms with van der Waals surface area (Å²) in [5.74, 6) is -0.000558. The zero-order valence-corrected chi connectivity index (χ0v) is 13.7. The molecule has 2 aromatic carbocycles. The smallest absolute Gasteiger partial charge is 0.187 e. The lowest BCUT2D eigenvalue weighted by atomic mass is 9.83. The molecule has 0 aliphatic carbocycles. The molecule has 0 bridgehead atoms. The van der Waals surface area contributed by atoms with Crippen molar-refractivity contribution >= 4 is 23.1 Å². The van der Waals surface area contributed by atoms with Gasteiger partial charge in [-0.25, -0.2) is 0 Å². The van der Waals surface area contributed by atoms with Gasteiger partial charge in [-0.1, -0.05) is 43.6 Å². The number of carbonyl (C=O) groups excluding carboxylic acids is 1. The van der Waals surface area contributed by atoms with Crippen molar-refractivity contribution in [2.45, 2.75) is 19.3 Å². The maximum atomic E-state index is 12.6. The second-order valence-electron chi connectivity index (χ2n) is 6.10. The highest BCUT2D eigenvalue weighted by molar-refractivity contribution is 6.30. The normalized spacial score (nSPS) is 17.6. The number of rotatable bonds is 2. The minimum atomic E-state index is -0.187. The summed E-state index contributed by atoms with van der Waals surface area (Å²) in [6.07, 6.45) is 1.74. The van der Waals surface area contributed by atoms with Gasteiger partial charge in [0.2, 0.25) is 0 Å². The molecule has 0 fully saturated rings. The number of hydrogen-bond donors (Lipinski definition) is 0. The monoisotopic (exact) mass is 311 g/mol. The zero-order valence-electron chi connectivity index (χ0n) is 12.9. The fourth-order valence-electron chi connectivity index (χ4n) is 3.08. The summed E-state index contributed by atoms with van der Waals surface area (Å²) >= 11 is 5.88. The highest BCUT2D eigenvalue weighted by atomic mass is 35.5. The Labute approximate surface area is 136 Å². The van der Waals surface area contributed by atoms with Gasteiger partial charge in [0.05, 0.1) is 0 Å². The van der Waals surface area contributed by atoms with E-state index in [1.807, 2.05) is 19.2 Å². The number of para-hydroxylation sites is 1. The Hall–Kier alpha value is -2.06. The van der Waals surface area contributed by atoms with Gasteiger partial charge >= 0.3 is 0 Å². The third-order valence-electron chi connectivity index (χ3n) is 4.34. The number of anilines is 1. The van der Waals surface area contributed by atoms with E-state index < -0.39 is 0 Å². The van der Waals surface area contributed by atoms with Gasteiger partial charge in [-0.05, 0) is 35.9 Å². The number of fused-ring (bicyclic) bond motifs is 1. The van der Waals surface area contributed by atoms with Crippen molar-refractivity contribution in [2.24, 2.45) is 0 Å². The number of allylic oxidation sites excluding steroid dienone is 2. The average Bonchev–Trinajstić information content (AvgIpc) is 2.69. The van der Waals surface area contributed by atoms with Crippen LogP contribution in [-0.4, -0.2) is 12.8 Å². The van der Waals surface area contributed by atoms with Crippen molar-refractivity contribution in [3.8, 4) is 0 Å². The molecular weight excluding hydrogens is 294 g/mol. The first-order chi connectivity index (χ1) is 10.4. The quantitative estimate of drug-likeness (QED) is 0.584. The minimum Gasteiger partial charge on any atom is -0.347 e. The second kappa shape index (κ2) is 5.29. The molecule has 3 heteroatoms. The molecule has 0 saturated heterocycles. The third kappa shape index (κ3) is 2.34. The number of nitrogens with zero attached hydrogens (tertiary/aromatic N) is 1. The van der Waals surface area contributed by atoms with E-state index in [0.717, 1.165) is 11.4 Å². The van der Waals surface area contributed by atoms with Crippen LogP contribution in [0, 0.1) is 0 Å². The van der Waals surface area contributed by atoms with E-state index in [4.69, 9.17) is 11.6 Å². The highest BCUT2D eigenvalue weighted by Gasteiger charge is 2.38. The Kier molecular flexibility index (Phi) is 3.57. The molecule has 0 spiro atoms. The molecule has 0 saturated carbocycles. The van der Waals surface area contributed by atoms with Gasteiger partial charge < -0.3 is 4.90 Å². The van der Waals surface area contributed by atoms with Crippen molar-refractivity contribution in [2.75, 3.05) is 11.9 Å². The van der Waals surface area contributed by atoms with Crippen LogP contribution in [0.5, 0.6) is 0 Å². The van der Waals surface area contributed by atoms with Gasteiger partial charge in [0.1, 0.15) is 0 Å². The Morgan fingerprint density at radius 1 is 1.09 bits per heavy atom. The van der Waals surface area contributed by atoms with Gasteiger partial charge in [-0.2, -0.15) is 0 Å². The van der Waals surface area contributed by atoms with E-state index in [9.17, 15) is 4.79 Å². The fraction of sp³-hybridized carbons (Fsp3) is 0.211. The molecular formula is C19H18ClNO. The number of hydrogen-bond acceptors (Lipinski definition) is 2. The van der Waals surface area contributed by atoms with Crippen LogP contribution in [0.3, 0.4) is 0 Å². The molecule has 0 radical (unpaired) electrons. The summed E-state index contributed by atoms with van der Waals surface area (Å²) in [6, 6.07) is 15.3. The maximum Gasteiger partial charge on any atom is 0.187 e. The van der Waals surface area contributed by atoms with Gasteiger partial charge in [0.15, 0.2) is 5.78 Å². The van der Waals surface area contributed by atoms with Crippen molar-refractivity contribution in [3.05, 3.63) is 76.5 Å². The summed E-state index contributed by atoms with van der Waals surface area (Å²) < 4.78 is 0. The molecule has 22 heavy (non-hydrogen) atoms. The van der Waals surface area contributed by atoms with Crippen LogP contribution in [-0.2, 0) is 5.41 Å². The van der Waals surface area contributed by atoms with Crippen LogP contribution in [0.4, 0.5) is 5.69 Å². The topological polar surface area (TPSA) is 20.3 Å². The van der Waals surface area contributed by atoms with E-state index in [0.29, 0.717) is 10.6 Å². The standard InChI is InChI=1S/C19H18ClNO/c1-19(2)15-6-4-5-7-16(15)21(3)18(19)12-17(22)13-8-10-14(20)11-9-13/h4-12H,1-3H3/b18-12-. The Balaban J connectivity index is 2.01. The summed E-state index contributed by atoms with van der Waals surface area (Å²) in [5.41, 5.74) is 3.87. The number of benzene rings is 2. The minimum absolute atomic E-state index is 0.000558. The van der Waals surface area contributed by atoms with Crippen LogP contribution in [0.25, 0.3) is 0 Å². The first-order valence-electron chi connectivity index (χ1n) is 7.26. The fourth-order valence-corrected chi connectivity index (χ4v) is 3.21. The lowest BCUT2D eigenvalue weighted by Crippen LogP contribution is -2.24. The lowest BCUT2D eigenvalue weighted by Gasteiger charge is -2.24. The highest BCUT2D eigenvalue weighted by Crippen LogP contribution is 2.46. The molecule has 0 atom stereocenters. The summed E-state index contributed by atoms with van der Waals surface area (Å²) in [5, 5.41) is 0.634. The van der Waals surface area contributed by atoms with E-state index >= 15 is 0 Å². The molecule has 2 aromatic rings. The Bertz CT molecular complexity index is 759. The molecule has 0 N–H and O–H groups in total. The van der Waals surface area contributed by atoms with Crippen LogP contribution in [0.15, 0.2) is 60.3 Å². The van der Waals surface area contributed by atoms with Crippen molar-refractivity contribution < 1.29 is 4.79 Å². The predicted octanol–water partition coefficient (Wildman–Crippen LogP) is 4.83. The Morgan fingerprint density at radius 3 is 2.36 bits per heavy atom. The van der Waals surface area contributed by atoms with Gasteiger partial charge in [-0.15, -0.1) is 0 Å². The maximum absolute atomic E-state index is 12.6. The lowest BCUT2D eigenvalue weighted by molar-refractivity contribution is 0.104. The number of carbonyl (C=O) groups is 1. The predicted molar refractivity (Wildman–Crippen MR) is 91.7 cm³/mol.